The summed E-state index contributed by atoms with van der Waals surface area (Å²) in [6.45, 7) is 2.89. The van der Waals surface area contributed by atoms with Gasteiger partial charge in [-0.3, -0.25) is 9.69 Å². The molecule has 1 N–H and O–H groups in total. The summed E-state index contributed by atoms with van der Waals surface area (Å²) >= 11 is 0. The van der Waals surface area contributed by atoms with E-state index in [1.54, 1.807) is 4.90 Å². The Hall–Kier alpha value is -0.610. The van der Waals surface area contributed by atoms with Gasteiger partial charge in [0.1, 0.15) is 6.04 Å². The maximum absolute atomic E-state index is 12.0. The van der Waals surface area contributed by atoms with Crippen molar-refractivity contribution in [1.29, 1.82) is 0 Å². The van der Waals surface area contributed by atoms with E-state index in [0.29, 0.717) is 12.1 Å². The summed E-state index contributed by atoms with van der Waals surface area (Å²) in [5.74, 6) is 0.0764. The quantitative estimate of drug-likeness (QED) is 0.743. The Labute approximate surface area is 97.2 Å². The first-order valence-electron chi connectivity index (χ1n) is 6.28. The van der Waals surface area contributed by atoms with Crippen LogP contribution in [-0.2, 0) is 4.79 Å². The first kappa shape index (κ1) is 11.9. The first-order valence-corrected chi connectivity index (χ1v) is 6.28. The molecule has 2 aliphatic rings. The Balaban J connectivity index is 2.15. The molecule has 16 heavy (non-hydrogen) atoms. The second kappa shape index (κ2) is 4.72. The average Bonchev–Trinajstić information content (AvgIpc) is 2.76. The third-order valence-corrected chi connectivity index (χ3v) is 3.99. The lowest BCUT2D eigenvalue weighted by Gasteiger charge is -2.46. The summed E-state index contributed by atoms with van der Waals surface area (Å²) in [6, 6.07) is 0.560. The van der Waals surface area contributed by atoms with E-state index >= 15 is 0 Å². The molecule has 1 saturated heterocycles. The largest absolute Gasteiger partial charge is 0.394 e. The van der Waals surface area contributed by atoms with E-state index in [9.17, 15) is 9.90 Å². The zero-order valence-electron chi connectivity index (χ0n) is 10.2. The third kappa shape index (κ3) is 1.96. The van der Waals surface area contributed by atoms with Gasteiger partial charge < -0.3 is 10.0 Å². The monoisotopic (exact) mass is 226 g/mol. The molecule has 2 fully saturated rings. The molecule has 1 saturated carbocycles. The highest BCUT2D eigenvalue weighted by molar-refractivity contribution is 5.82. The van der Waals surface area contributed by atoms with Crippen LogP contribution >= 0.6 is 0 Å². The minimum atomic E-state index is -0.308. The molecular weight excluding hydrogens is 204 g/mol. The lowest BCUT2D eigenvalue weighted by atomic mass is 10.0. The molecule has 0 bridgehead atoms. The van der Waals surface area contributed by atoms with Crippen LogP contribution in [0.1, 0.15) is 32.6 Å². The number of piperazine rings is 1. The molecular formula is C12H22N2O2. The van der Waals surface area contributed by atoms with Crippen molar-refractivity contribution >= 4 is 5.91 Å². The number of nitrogens with zero attached hydrogens (tertiary/aromatic N) is 2. The summed E-state index contributed by atoms with van der Waals surface area (Å²) in [6.07, 6.45) is 4.88. The maximum atomic E-state index is 12.0. The van der Waals surface area contributed by atoms with Crippen LogP contribution in [0.2, 0.25) is 0 Å². The standard InChI is InChI=1S/C12H22N2O2/c1-9-7-13(2)12(16)11(8-15)14(9)10-5-3-4-6-10/h9-11,15H,3-8H2,1-2H3. The highest BCUT2D eigenvalue weighted by atomic mass is 16.3. The molecule has 0 radical (unpaired) electrons. The molecule has 2 rings (SSSR count). The zero-order valence-corrected chi connectivity index (χ0v) is 10.2. The first-order chi connectivity index (χ1) is 7.65. The highest BCUT2D eigenvalue weighted by Gasteiger charge is 2.41. The normalized spacial score (nSPS) is 33.7. The predicted octanol–water partition coefficient (Wildman–Crippen LogP) is 0.452. The van der Waals surface area contributed by atoms with E-state index in [1.165, 1.54) is 25.7 Å². The highest BCUT2D eigenvalue weighted by Crippen LogP contribution is 2.29. The summed E-state index contributed by atoms with van der Waals surface area (Å²) < 4.78 is 0. The van der Waals surface area contributed by atoms with Crippen LogP contribution in [-0.4, -0.2) is 59.1 Å². The van der Waals surface area contributed by atoms with Gasteiger partial charge in [-0.25, -0.2) is 0 Å². The second-order valence-corrected chi connectivity index (χ2v) is 5.15. The molecule has 0 aromatic heterocycles. The van der Waals surface area contributed by atoms with Gasteiger partial charge in [0.2, 0.25) is 5.91 Å². The fourth-order valence-corrected chi connectivity index (χ4v) is 3.26. The van der Waals surface area contributed by atoms with E-state index in [0.717, 1.165) is 6.54 Å². The number of amides is 1. The molecule has 0 aromatic carbocycles. The van der Waals surface area contributed by atoms with Crippen LogP contribution in [0.4, 0.5) is 0 Å². The molecule has 2 atom stereocenters. The van der Waals surface area contributed by atoms with Gasteiger partial charge >= 0.3 is 0 Å². The van der Waals surface area contributed by atoms with Gasteiger partial charge in [-0.05, 0) is 19.8 Å². The Morgan fingerprint density at radius 3 is 2.56 bits per heavy atom. The average molecular weight is 226 g/mol. The zero-order chi connectivity index (χ0) is 11.7. The molecule has 0 aromatic rings. The van der Waals surface area contributed by atoms with Crippen LogP contribution in [0.15, 0.2) is 0 Å². The van der Waals surface area contributed by atoms with Gasteiger partial charge in [0.25, 0.3) is 0 Å². The van der Waals surface area contributed by atoms with Crippen LogP contribution in [0.5, 0.6) is 0 Å². The summed E-state index contributed by atoms with van der Waals surface area (Å²) in [5.41, 5.74) is 0. The second-order valence-electron chi connectivity index (χ2n) is 5.15. The van der Waals surface area contributed by atoms with Gasteiger partial charge in [0, 0.05) is 25.7 Å². The number of carbonyl (C=O) groups excluding carboxylic acids is 1. The Morgan fingerprint density at radius 1 is 1.38 bits per heavy atom. The van der Waals surface area contributed by atoms with Crippen LogP contribution in [0.3, 0.4) is 0 Å². The van der Waals surface area contributed by atoms with E-state index < -0.39 is 0 Å². The number of carbonyl (C=O) groups is 1. The van der Waals surface area contributed by atoms with Crippen molar-refractivity contribution in [1.82, 2.24) is 9.80 Å². The molecule has 1 aliphatic carbocycles. The lowest BCUT2D eigenvalue weighted by Crippen LogP contribution is -2.63. The summed E-state index contributed by atoms with van der Waals surface area (Å²) in [4.78, 5) is 16.0. The fourth-order valence-electron chi connectivity index (χ4n) is 3.26. The number of aliphatic hydroxyl groups is 1. The van der Waals surface area contributed by atoms with Crippen LogP contribution < -0.4 is 0 Å². The smallest absolute Gasteiger partial charge is 0.242 e. The number of hydrogen-bond acceptors (Lipinski definition) is 3. The number of aliphatic hydroxyl groups excluding tert-OH is 1. The minimum absolute atomic E-state index is 0.0516. The number of rotatable bonds is 2. The number of likely N-dealkylation sites (N-methyl/N-ethyl adjacent to an activating group) is 1. The van der Waals surface area contributed by atoms with E-state index in [1.807, 2.05) is 7.05 Å². The van der Waals surface area contributed by atoms with Gasteiger partial charge in [0.15, 0.2) is 0 Å². The Kier molecular flexibility index (Phi) is 3.50. The molecule has 92 valence electrons. The van der Waals surface area contributed by atoms with Crippen molar-refractivity contribution in [2.45, 2.75) is 50.7 Å². The van der Waals surface area contributed by atoms with Crippen molar-refractivity contribution in [3.05, 3.63) is 0 Å². The minimum Gasteiger partial charge on any atom is -0.394 e. The lowest BCUT2D eigenvalue weighted by molar-refractivity contribution is -0.147. The van der Waals surface area contributed by atoms with E-state index in [4.69, 9.17) is 0 Å². The van der Waals surface area contributed by atoms with Crippen molar-refractivity contribution in [2.75, 3.05) is 20.2 Å². The fraction of sp³-hybridized carbons (Fsp3) is 0.917. The van der Waals surface area contributed by atoms with Gasteiger partial charge in [-0.15, -0.1) is 0 Å². The molecule has 4 heteroatoms. The Bertz CT molecular complexity index is 264. The molecule has 1 amide bonds. The van der Waals surface area contributed by atoms with Gasteiger partial charge in [-0.1, -0.05) is 12.8 Å². The topological polar surface area (TPSA) is 43.8 Å². The molecule has 4 nitrogen and oxygen atoms in total. The molecule has 2 unspecified atom stereocenters. The van der Waals surface area contributed by atoms with Crippen LogP contribution in [0.25, 0.3) is 0 Å². The van der Waals surface area contributed by atoms with Gasteiger partial charge in [0.05, 0.1) is 6.61 Å². The molecule has 0 spiro atoms. The maximum Gasteiger partial charge on any atom is 0.242 e. The van der Waals surface area contributed by atoms with Crippen molar-refractivity contribution in [3.8, 4) is 0 Å². The molecule has 1 aliphatic heterocycles. The third-order valence-electron chi connectivity index (χ3n) is 3.99. The van der Waals surface area contributed by atoms with Crippen molar-refractivity contribution in [3.63, 3.8) is 0 Å². The number of hydrogen-bond donors (Lipinski definition) is 1. The van der Waals surface area contributed by atoms with Crippen LogP contribution in [0, 0.1) is 0 Å². The van der Waals surface area contributed by atoms with E-state index in [-0.39, 0.29) is 18.6 Å². The van der Waals surface area contributed by atoms with Gasteiger partial charge in [-0.2, -0.15) is 0 Å². The van der Waals surface area contributed by atoms with E-state index in [2.05, 4.69) is 11.8 Å². The molecule has 1 heterocycles. The predicted molar refractivity (Wildman–Crippen MR) is 62.1 cm³/mol. The van der Waals surface area contributed by atoms with Crippen molar-refractivity contribution < 1.29 is 9.90 Å². The SMILES string of the molecule is CC1CN(C)C(=O)C(CO)N1C1CCCC1. The summed E-state index contributed by atoms with van der Waals surface area (Å²) in [7, 11) is 1.83. The summed E-state index contributed by atoms with van der Waals surface area (Å²) in [5, 5.41) is 9.44. The van der Waals surface area contributed by atoms with Crippen molar-refractivity contribution in [2.24, 2.45) is 0 Å². The Morgan fingerprint density at radius 2 is 2.00 bits per heavy atom.